The van der Waals surface area contributed by atoms with Gasteiger partial charge in [0.15, 0.2) is 5.82 Å². The zero-order valence-electron chi connectivity index (χ0n) is 20.8. The number of fused-ring (bicyclic) bond motifs is 16. The van der Waals surface area contributed by atoms with Crippen molar-refractivity contribution >= 4 is 34.1 Å². The number of nitrogens with one attached hydrogen (secondary N) is 2. The molecule has 0 spiro atoms. The number of aromatic nitrogens is 4. The summed E-state index contributed by atoms with van der Waals surface area (Å²) in [4.78, 5) is 24.6. The molecule has 9 nitrogen and oxygen atoms in total. The van der Waals surface area contributed by atoms with Gasteiger partial charge in [0.05, 0.1) is 12.3 Å². The number of benzene rings is 1. The molecule has 2 aliphatic heterocycles. The van der Waals surface area contributed by atoms with Crippen molar-refractivity contribution in [3.05, 3.63) is 64.8 Å². The Labute approximate surface area is 220 Å². The number of hydrogen-bond donors (Lipinski definition) is 2. The molecule has 37 heavy (non-hydrogen) atoms. The van der Waals surface area contributed by atoms with Gasteiger partial charge in [-0.05, 0) is 74.8 Å². The lowest BCUT2D eigenvalue weighted by Crippen LogP contribution is -2.14. The van der Waals surface area contributed by atoms with Crippen LogP contribution in [0, 0.1) is 0 Å². The molecule has 0 atom stereocenters. The molecule has 194 valence electrons. The second-order valence-corrected chi connectivity index (χ2v) is 9.92. The summed E-state index contributed by atoms with van der Waals surface area (Å²) in [6, 6.07) is 11.5. The molecule has 6 bridgehead atoms. The summed E-state index contributed by atoms with van der Waals surface area (Å²) in [5.41, 5.74) is 1.92. The van der Waals surface area contributed by atoms with Crippen molar-refractivity contribution in [1.82, 2.24) is 20.4 Å². The van der Waals surface area contributed by atoms with E-state index >= 15 is 0 Å². The van der Waals surface area contributed by atoms with Gasteiger partial charge in [0.1, 0.15) is 10.8 Å². The zero-order chi connectivity index (χ0) is 25.7. The van der Waals surface area contributed by atoms with Gasteiger partial charge in [-0.25, -0.2) is 0 Å². The highest BCUT2D eigenvalue weighted by molar-refractivity contribution is 7.15. The lowest BCUT2D eigenvalue weighted by molar-refractivity contribution is -0.117. The third-order valence-corrected chi connectivity index (χ3v) is 6.71. The Morgan fingerprint density at radius 3 is 2.51 bits per heavy atom. The summed E-state index contributed by atoms with van der Waals surface area (Å²) in [5.74, 6) is 1.11. The molecule has 0 saturated carbocycles. The normalized spacial score (nSPS) is 17.5. The van der Waals surface area contributed by atoms with Crippen LogP contribution in [0.15, 0.2) is 48.6 Å². The number of carbonyl (C=O) groups excluding carboxylic acids is 2. The lowest BCUT2D eigenvalue weighted by Gasteiger charge is -2.08. The van der Waals surface area contributed by atoms with Crippen molar-refractivity contribution in [3.63, 3.8) is 0 Å². The Hall–Kier alpha value is -3.66. The van der Waals surface area contributed by atoms with Gasteiger partial charge in [0.2, 0.25) is 16.9 Å². The van der Waals surface area contributed by atoms with Gasteiger partial charge in [0.25, 0.3) is 0 Å². The van der Waals surface area contributed by atoms with E-state index in [0.29, 0.717) is 36.8 Å². The molecular weight excluding hydrogens is 488 g/mol. The van der Waals surface area contributed by atoms with E-state index in [9.17, 15) is 9.59 Å². The molecule has 1 aromatic carbocycles. The topological polar surface area (TPSA) is 119 Å². The number of allylic oxidation sites excluding steroid dienone is 1. The Morgan fingerprint density at radius 2 is 1.62 bits per heavy atom. The zero-order valence-corrected chi connectivity index (χ0v) is 21.6. The molecule has 2 aliphatic rings. The first kappa shape index (κ1) is 26.4. The van der Waals surface area contributed by atoms with Crippen LogP contribution in [0.1, 0.15) is 61.2 Å². The van der Waals surface area contributed by atoms with Crippen LogP contribution in [0.25, 0.3) is 0 Å². The summed E-state index contributed by atoms with van der Waals surface area (Å²) in [6.07, 6.45) is 11.4. The first-order valence-electron chi connectivity index (χ1n) is 12.8. The average molecular weight is 521 g/mol. The number of ether oxygens (including phenoxy) is 1. The maximum absolute atomic E-state index is 12.4. The van der Waals surface area contributed by atoms with Gasteiger partial charge in [-0.1, -0.05) is 35.6 Å². The molecule has 2 aromatic heterocycles. The molecule has 0 fully saturated rings. The van der Waals surface area contributed by atoms with Gasteiger partial charge in [-0.2, -0.15) is 5.10 Å². The van der Waals surface area contributed by atoms with Crippen LogP contribution >= 0.6 is 11.3 Å². The van der Waals surface area contributed by atoms with Gasteiger partial charge in [-0.15, -0.1) is 15.3 Å². The third kappa shape index (κ3) is 9.38. The quantitative estimate of drug-likeness (QED) is 0.404. The van der Waals surface area contributed by atoms with Crippen LogP contribution in [0.5, 0.6) is 5.75 Å². The van der Waals surface area contributed by atoms with Crippen molar-refractivity contribution in [2.24, 2.45) is 0 Å². The highest BCUT2D eigenvalue weighted by atomic mass is 32.1. The predicted molar refractivity (Wildman–Crippen MR) is 144 cm³/mol. The minimum Gasteiger partial charge on any atom is -0.493 e. The number of nitrogens with zero attached hydrogens (tertiary/aromatic N) is 4. The number of anilines is 2. The first-order valence-corrected chi connectivity index (χ1v) is 13.6. The fourth-order valence-corrected chi connectivity index (χ4v) is 4.64. The van der Waals surface area contributed by atoms with Gasteiger partial charge >= 0.3 is 0 Å². The molecule has 2 amide bonds. The highest BCUT2D eigenvalue weighted by Crippen LogP contribution is 2.19. The minimum absolute atomic E-state index is 0.0364. The summed E-state index contributed by atoms with van der Waals surface area (Å²) >= 11 is 1.42. The van der Waals surface area contributed by atoms with Crippen LogP contribution in [0.3, 0.4) is 0 Å². The van der Waals surface area contributed by atoms with Crippen molar-refractivity contribution in [2.45, 2.75) is 64.2 Å². The van der Waals surface area contributed by atoms with Crippen LogP contribution < -0.4 is 15.4 Å². The fourth-order valence-electron chi connectivity index (χ4n) is 3.84. The Bertz CT molecular complexity index is 1190. The Balaban J connectivity index is 1.35. The second-order valence-electron chi connectivity index (χ2n) is 8.86. The van der Waals surface area contributed by atoms with Crippen molar-refractivity contribution < 1.29 is 14.3 Å². The summed E-state index contributed by atoms with van der Waals surface area (Å²) in [7, 11) is 0. The van der Waals surface area contributed by atoms with E-state index in [-0.39, 0.29) is 11.8 Å². The maximum atomic E-state index is 12.4. The van der Waals surface area contributed by atoms with E-state index in [0.717, 1.165) is 67.0 Å². The molecule has 0 saturated heterocycles. The first-order chi connectivity index (χ1) is 18.1. The van der Waals surface area contributed by atoms with E-state index in [4.69, 9.17) is 4.74 Å². The van der Waals surface area contributed by atoms with Crippen LogP contribution in [0.4, 0.5) is 10.9 Å². The summed E-state index contributed by atoms with van der Waals surface area (Å²) in [5, 5.41) is 23.8. The average Bonchev–Trinajstić information content (AvgIpc) is 3.34. The van der Waals surface area contributed by atoms with E-state index in [2.05, 4.69) is 43.2 Å². The molecule has 3 aromatic rings. The maximum Gasteiger partial charge on any atom is 0.226 e. The smallest absolute Gasteiger partial charge is 0.226 e. The number of hydrogen-bond acceptors (Lipinski definition) is 8. The van der Waals surface area contributed by atoms with Crippen LogP contribution in [-0.2, 0) is 28.9 Å². The van der Waals surface area contributed by atoms with Gasteiger partial charge in [-0.3, -0.25) is 9.59 Å². The lowest BCUT2D eigenvalue weighted by atomic mass is 10.1. The SMILES string of the molecule is O=C1CCc2cccc(c2)OCC/C=C/CCCC(=O)Nc2nnc(s2)CCCCc2ccc(nn2)N1. The van der Waals surface area contributed by atoms with Gasteiger partial charge in [0, 0.05) is 19.3 Å². The molecule has 5 rings (SSSR count). The fraction of sp³-hybridized carbons (Fsp3) is 0.407. The van der Waals surface area contributed by atoms with Crippen LogP contribution in [-0.4, -0.2) is 38.8 Å². The van der Waals surface area contributed by atoms with E-state index in [1.165, 1.54) is 11.3 Å². The molecule has 0 unspecified atom stereocenters. The van der Waals surface area contributed by atoms with Crippen molar-refractivity contribution in [3.8, 4) is 5.75 Å². The van der Waals surface area contributed by atoms with E-state index < -0.39 is 0 Å². The van der Waals surface area contributed by atoms with Crippen molar-refractivity contribution in [1.29, 1.82) is 0 Å². The van der Waals surface area contributed by atoms with Gasteiger partial charge < -0.3 is 15.4 Å². The van der Waals surface area contributed by atoms with E-state index in [1.54, 1.807) is 6.07 Å². The minimum atomic E-state index is -0.0979. The Kier molecular flexibility index (Phi) is 10.1. The summed E-state index contributed by atoms with van der Waals surface area (Å²) < 4.78 is 5.85. The summed E-state index contributed by atoms with van der Waals surface area (Å²) in [6.45, 7) is 0.564. The second kappa shape index (κ2) is 14.2. The monoisotopic (exact) mass is 520 g/mol. The number of carbonyl (C=O) groups is 2. The number of amides is 2. The number of rotatable bonds is 0. The third-order valence-electron chi connectivity index (χ3n) is 5.81. The molecular formula is C27H32N6O3S. The van der Waals surface area contributed by atoms with Crippen LogP contribution in [0.2, 0.25) is 0 Å². The number of aryl methyl sites for hydroxylation is 3. The predicted octanol–water partition coefficient (Wildman–Crippen LogP) is 4.91. The largest absolute Gasteiger partial charge is 0.493 e. The molecule has 0 aliphatic carbocycles. The Morgan fingerprint density at radius 1 is 0.757 bits per heavy atom. The molecule has 2 N–H and O–H groups in total. The molecule has 0 radical (unpaired) electrons. The van der Waals surface area contributed by atoms with E-state index in [1.807, 2.05) is 30.3 Å². The standard InChI is InChI=1S/C27H32N6O3S/c34-24-12-4-2-1-3-7-18-36-22-11-8-9-20(19-22)14-17-25(35)28-23-16-15-21(30-31-23)10-5-6-13-26-32-33-27(29-24)37-26/h1,3,8-9,11,15-16,19H,2,4-7,10,12-14,17-18H2,(H,28,31,35)(H,29,33,34)/b3-1+. The molecule has 10 heteroatoms. The highest BCUT2D eigenvalue weighted by Gasteiger charge is 2.09. The van der Waals surface area contributed by atoms with Crippen molar-refractivity contribution in [2.75, 3.05) is 17.2 Å². The molecule has 4 heterocycles.